The molecule has 0 saturated heterocycles. The van der Waals surface area contributed by atoms with Crippen LogP contribution in [-0.2, 0) is 9.53 Å². The van der Waals surface area contributed by atoms with Gasteiger partial charge >= 0.3 is 12.1 Å². The Morgan fingerprint density at radius 3 is 2.53 bits per heavy atom. The molecule has 94 valence electrons. The Balaban J connectivity index is 2.00. The van der Waals surface area contributed by atoms with Gasteiger partial charge in [-0.1, -0.05) is 12.2 Å². The average molecular weight is 246 g/mol. The summed E-state index contributed by atoms with van der Waals surface area (Å²) < 4.78 is 44.1. The molecule has 0 unspecified atom stereocenters. The topological polar surface area (TPSA) is 26.3 Å². The Kier molecular flexibility index (Phi) is 2.00. The molecule has 0 aliphatic heterocycles. The third kappa shape index (κ3) is 1.10. The Labute approximate surface area is 96.8 Å². The average Bonchev–Trinajstić information content (AvgIpc) is 2.72. The van der Waals surface area contributed by atoms with Gasteiger partial charge in [0.2, 0.25) is 0 Å². The van der Waals surface area contributed by atoms with Gasteiger partial charge in [0.25, 0.3) is 0 Å². The maximum absolute atomic E-state index is 13.2. The van der Waals surface area contributed by atoms with Crippen molar-refractivity contribution in [3.63, 3.8) is 0 Å². The zero-order valence-electron chi connectivity index (χ0n) is 9.33. The summed E-state index contributed by atoms with van der Waals surface area (Å²) in [6, 6.07) is 0. The van der Waals surface area contributed by atoms with E-state index in [2.05, 4.69) is 4.74 Å². The molecule has 0 radical (unpaired) electrons. The van der Waals surface area contributed by atoms with Gasteiger partial charge in [-0.15, -0.1) is 0 Å². The van der Waals surface area contributed by atoms with E-state index in [0.717, 1.165) is 13.5 Å². The van der Waals surface area contributed by atoms with Crippen LogP contribution in [0, 0.1) is 29.1 Å². The molecule has 0 aromatic carbocycles. The molecule has 2 nitrogen and oxygen atoms in total. The van der Waals surface area contributed by atoms with Crippen LogP contribution in [0.5, 0.6) is 0 Å². The van der Waals surface area contributed by atoms with Gasteiger partial charge in [-0.3, -0.25) is 4.79 Å². The molecule has 3 aliphatic rings. The van der Waals surface area contributed by atoms with E-state index in [9.17, 15) is 18.0 Å². The van der Waals surface area contributed by atoms with Crippen molar-refractivity contribution in [2.24, 2.45) is 29.1 Å². The van der Waals surface area contributed by atoms with Crippen molar-refractivity contribution < 1.29 is 22.7 Å². The van der Waals surface area contributed by atoms with Crippen molar-refractivity contribution in [1.82, 2.24) is 0 Å². The monoisotopic (exact) mass is 246 g/mol. The highest BCUT2D eigenvalue weighted by Gasteiger charge is 2.77. The molecule has 0 heterocycles. The van der Waals surface area contributed by atoms with Crippen LogP contribution in [0.4, 0.5) is 13.2 Å². The molecular weight excluding hydrogens is 233 g/mol. The highest BCUT2D eigenvalue weighted by Crippen LogP contribution is 2.71. The molecule has 2 fully saturated rings. The Morgan fingerprint density at radius 2 is 2.00 bits per heavy atom. The maximum Gasteiger partial charge on any atom is 0.405 e. The standard InChI is InChI=1S/C12H13F3O2/c1-17-10(16)11(12(13,14)15)5-8-6-2-3-7(4-6)9(8)11/h2-3,6-9H,4-5H2,1H3/t6-,7+,8+,9-,11+/m0/s1. The van der Waals surface area contributed by atoms with Crippen LogP contribution in [0.25, 0.3) is 0 Å². The van der Waals surface area contributed by atoms with Crippen LogP contribution in [-0.4, -0.2) is 19.3 Å². The highest BCUT2D eigenvalue weighted by atomic mass is 19.4. The van der Waals surface area contributed by atoms with Crippen molar-refractivity contribution in [2.75, 3.05) is 7.11 Å². The number of hydrogen-bond donors (Lipinski definition) is 0. The molecule has 0 spiro atoms. The zero-order chi connectivity index (χ0) is 12.4. The van der Waals surface area contributed by atoms with E-state index in [1.807, 2.05) is 12.2 Å². The van der Waals surface area contributed by atoms with Crippen molar-refractivity contribution in [3.05, 3.63) is 12.2 Å². The smallest absolute Gasteiger partial charge is 0.405 e. The summed E-state index contributed by atoms with van der Waals surface area (Å²) in [5.41, 5.74) is -2.24. The summed E-state index contributed by atoms with van der Waals surface area (Å²) in [5.74, 6) is -1.53. The van der Waals surface area contributed by atoms with Gasteiger partial charge in [0.1, 0.15) is 0 Å². The van der Waals surface area contributed by atoms with Gasteiger partial charge in [-0.2, -0.15) is 13.2 Å². The van der Waals surface area contributed by atoms with Crippen LogP contribution in [0.3, 0.4) is 0 Å². The number of carbonyl (C=O) groups is 1. The van der Waals surface area contributed by atoms with Crippen molar-refractivity contribution in [2.45, 2.75) is 19.0 Å². The molecule has 3 aliphatic carbocycles. The summed E-state index contributed by atoms with van der Waals surface area (Å²) in [5, 5.41) is 0. The number of carbonyl (C=O) groups excluding carboxylic acids is 1. The summed E-state index contributed by atoms with van der Waals surface area (Å²) in [7, 11) is 1.03. The first-order chi connectivity index (χ1) is 7.91. The van der Waals surface area contributed by atoms with Crippen LogP contribution in [0.1, 0.15) is 12.8 Å². The Morgan fingerprint density at radius 1 is 1.35 bits per heavy atom. The van der Waals surface area contributed by atoms with Gasteiger partial charge in [0.05, 0.1) is 7.11 Å². The molecule has 5 atom stereocenters. The van der Waals surface area contributed by atoms with E-state index >= 15 is 0 Å². The molecule has 0 amide bonds. The van der Waals surface area contributed by atoms with Gasteiger partial charge in [-0.25, -0.2) is 0 Å². The predicted molar refractivity (Wildman–Crippen MR) is 52.8 cm³/mol. The second-order valence-corrected chi connectivity index (χ2v) is 5.30. The lowest BCUT2D eigenvalue weighted by Crippen LogP contribution is -2.62. The van der Waals surface area contributed by atoms with E-state index in [1.54, 1.807) is 0 Å². The molecule has 0 aromatic heterocycles. The van der Waals surface area contributed by atoms with Gasteiger partial charge in [0, 0.05) is 0 Å². The fourth-order valence-corrected chi connectivity index (χ4v) is 4.10. The summed E-state index contributed by atoms with van der Waals surface area (Å²) in [6.07, 6.45) is 0.0148. The number of methoxy groups -OCH3 is 1. The van der Waals surface area contributed by atoms with E-state index in [-0.39, 0.29) is 24.2 Å². The summed E-state index contributed by atoms with van der Waals surface area (Å²) >= 11 is 0. The molecule has 0 N–H and O–H groups in total. The predicted octanol–water partition coefficient (Wildman–Crippen LogP) is 2.55. The lowest BCUT2D eigenvalue weighted by molar-refractivity contribution is -0.289. The lowest BCUT2D eigenvalue weighted by atomic mass is 9.50. The number of alkyl halides is 3. The number of fused-ring (bicyclic) bond motifs is 5. The quantitative estimate of drug-likeness (QED) is 0.525. The van der Waals surface area contributed by atoms with E-state index in [4.69, 9.17) is 0 Å². The van der Waals surface area contributed by atoms with E-state index in [0.29, 0.717) is 0 Å². The number of esters is 1. The summed E-state index contributed by atoms with van der Waals surface area (Å²) in [4.78, 5) is 11.6. The molecule has 2 bridgehead atoms. The second-order valence-electron chi connectivity index (χ2n) is 5.30. The zero-order valence-corrected chi connectivity index (χ0v) is 9.33. The third-order valence-electron chi connectivity index (χ3n) is 4.80. The fraction of sp³-hybridized carbons (Fsp3) is 0.750. The minimum absolute atomic E-state index is 0.0192. The first-order valence-corrected chi connectivity index (χ1v) is 5.75. The van der Waals surface area contributed by atoms with E-state index < -0.39 is 23.5 Å². The van der Waals surface area contributed by atoms with E-state index in [1.165, 1.54) is 0 Å². The molecule has 3 rings (SSSR count). The van der Waals surface area contributed by atoms with Crippen LogP contribution in [0.2, 0.25) is 0 Å². The number of hydrogen-bond acceptors (Lipinski definition) is 2. The third-order valence-corrected chi connectivity index (χ3v) is 4.80. The van der Waals surface area contributed by atoms with Crippen LogP contribution >= 0.6 is 0 Å². The number of ether oxygens (including phenoxy) is 1. The molecular formula is C12H13F3O2. The first kappa shape index (κ1) is 11.1. The fourth-order valence-electron chi connectivity index (χ4n) is 4.10. The van der Waals surface area contributed by atoms with Gasteiger partial charge in [0.15, 0.2) is 5.41 Å². The van der Waals surface area contributed by atoms with Gasteiger partial charge in [-0.05, 0) is 36.5 Å². The molecule has 5 heteroatoms. The molecule has 0 aromatic rings. The Bertz CT molecular complexity index is 401. The first-order valence-electron chi connectivity index (χ1n) is 5.75. The normalized spacial score (nSPS) is 46.6. The van der Waals surface area contributed by atoms with Crippen LogP contribution in [0.15, 0.2) is 12.2 Å². The Hall–Kier alpha value is -1.00. The lowest BCUT2D eigenvalue weighted by Gasteiger charge is -2.54. The second kappa shape index (κ2) is 3.06. The van der Waals surface area contributed by atoms with Crippen molar-refractivity contribution in [3.8, 4) is 0 Å². The SMILES string of the molecule is COC(=O)[C@@]1(C(F)(F)F)C[C@H]2[C@@H]1[C@@H]1C=C[C@H]2C1. The van der Waals surface area contributed by atoms with Gasteiger partial charge < -0.3 is 4.74 Å². The summed E-state index contributed by atoms with van der Waals surface area (Å²) in [6.45, 7) is 0. The highest BCUT2D eigenvalue weighted by molar-refractivity contribution is 5.80. The number of rotatable bonds is 1. The van der Waals surface area contributed by atoms with Crippen molar-refractivity contribution in [1.29, 1.82) is 0 Å². The number of halogens is 3. The largest absolute Gasteiger partial charge is 0.468 e. The minimum atomic E-state index is -4.50. The van der Waals surface area contributed by atoms with Crippen LogP contribution < -0.4 is 0 Å². The maximum atomic E-state index is 13.2. The molecule has 2 saturated carbocycles. The molecule has 17 heavy (non-hydrogen) atoms. The van der Waals surface area contributed by atoms with Crippen molar-refractivity contribution >= 4 is 5.97 Å². The minimum Gasteiger partial charge on any atom is -0.468 e. The number of allylic oxidation sites excluding steroid dienone is 2.